The number of esters is 1. The molecular weight excluding hydrogens is 416 g/mol. The number of carbonyl (C=O) groups is 2. The van der Waals surface area contributed by atoms with Gasteiger partial charge in [0.25, 0.3) is 5.69 Å². The molecule has 2 heterocycles. The van der Waals surface area contributed by atoms with Gasteiger partial charge in [-0.1, -0.05) is 13.8 Å². The van der Waals surface area contributed by atoms with Crippen molar-refractivity contribution in [1.29, 1.82) is 0 Å². The van der Waals surface area contributed by atoms with E-state index in [4.69, 9.17) is 14.2 Å². The van der Waals surface area contributed by atoms with Crippen molar-refractivity contribution in [3.05, 3.63) is 50.4 Å². The highest BCUT2D eigenvalue weighted by Crippen LogP contribution is 2.51. The fraction of sp³-hybridized carbons (Fsp3) is 0.478. The Bertz CT molecular complexity index is 1100. The van der Waals surface area contributed by atoms with Crippen LogP contribution in [0.25, 0.3) is 0 Å². The Morgan fingerprint density at radius 3 is 2.53 bits per heavy atom. The first-order chi connectivity index (χ1) is 15.0. The number of allylic oxidation sites excluding steroid dienone is 3. The Morgan fingerprint density at radius 2 is 1.91 bits per heavy atom. The number of Topliss-reactive ketones (excluding diaryl/α,β-unsaturated/α-hetero) is 1. The summed E-state index contributed by atoms with van der Waals surface area (Å²) in [6, 6.07) is 2.79. The molecule has 32 heavy (non-hydrogen) atoms. The molecule has 4 rings (SSSR count). The van der Waals surface area contributed by atoms with E-state index in [1.807, 2.05) is 13.8 Å². The van der Waals surface area contributed by atoms with Crippen LogP contribution in [0.4, 0.5) is 5.69 Å². The summed E-state index contributed by atoms with van der Waals surface area (Å²) in [5.41, 5.74) is 1.44. The predicted molar refractivity (Wildman–Crippen MR) is 114 cm³/mol. The highest BCUT2D eigenvalue weighted by molar-refractivity contribution is 6.04. The zero-order valence-electron chi connectivity index (χ0n) is 18.7. The molecule has 0 spiro atoms. The number of nitrogens with zero attached hydrogens (tertiary/aromatic N) is 1. The third-order valence-electron chi connectivity index (χ3n) is 5.83. The molecule has 0 fully saturated rings. The maximum absolute atomic E-state index is 13.3. The van der Waals surface area contributed by atoms with Gasteiger partial charge in [0.05, 0.1) is 28.6 Å². The lowest BCUT2D eigenvalue weighted by atomic mass is 9.68. The minimum atomic E-state index is -0.948. The molecule has 0 radical (unpaired) electrons. The summed E-state index contributed by atoms with van der Waals surface area (Å²) in [6.07, 6.45) is 0.451. The highest BCUT2D eigenvalue weighted by Gasteiger charge is 2.45. The van der Waals surface area contributed by atoms with Crippen LogP contribution in [0.15, 0.2) is 34.7 Å². The highest BCUT2D eigenvalue weighted by atomic mass is 16.7. The molecule has 0 amide bonds. The molecule has 0 saturated carbocycles. The van der Waals surface area contributed by atoms with Crippen molar-refractivity contribution in [2.75, 3.05) is 6.79 Å². The lowest BCUT2D eigenvalue weighted by molar-refractivity contribution is -0.385. The first-order valence-corrected chi connectivity index (χ1v) is 10.5. The van der Waals surface area contributed by atoms with Crippen molar-refractivity contribution in [3.8, 4) is 11.5 Å². The SMILES string of the molecule is CC1=C(C(=O)OC(C)C)[C@@H](c2cc3c(cc2[N+](=O)[O-])OCO3)C2=C(CC(C)(C)CC2=O)N1. The van der Waals surface area contributed by atoms with E-state index in [9.17, 15) is 19.7 Å². The molecule has 9 heteroatoms. The molecule has 1 aliphatic carbocycles. The second-order valence-electron chi connectivity index (χ2n) is 9.41. The van der Waals surface area contributed by atoms with Crippen LogP contribution < -0.4 is 14.8 Å². The van der Waals surface area contributed by atoms with Gasteiger partial charge in [0, 0.05) is 29.0 Å². The minimum Gasteiger partial charge on any atom is -0.460 e. The first-order valence-electron chi connectivity index (χ1n) is 10.5. The van der Waals surface area contributed by atoms with E-state index in [-0.39, 0.29) is 47.0 Å². The number of benzene rings is 1. The number of nitrogens with one attached hydrogen (secondary N) is 1. The average Bonchev–Trinajstić information content (AvgIpc) is 3.11. The lowest BCUT2D eigenvalue weighted by Crippen LogP contribution is -2.39. The van der Waals surface area contributed by atoms with Gasteiger partial charge in [-0.05, 0) is 38.7 Å². The second-order valence-corrected chi connectivity index (χ2v) is 9.41. The van der Waals surface area contributed by atoms with Gasteiger partial charge in [-0.3, -0.25) is 14.9 Å². The number of dihydropyridines is 1. The Morgan fingerprint density at radius 1 is 1.25 bits per heavy atom. The fourth-order valence-corrected chi connectivity index (χ4v) is 4.63. The van der Waals surface area contributed by atoms with Crippen LogP contribution in [0.1, 0.15) is 58.9 Å². The van der Waals surface area contributed by atoms with E-state index >= 15 is 0 Å². The molecule has 3 aliphatic rings. The number of fused-ring (bicyclic) bond motifs is 1. The zero-order valence-corrected chi connectivity index (χ0v) is 18.7. The minimum absolute atomic E-state index is 0.0552. The van der Waals surface area contributed by atoms with E-state index < -0.39 is 22.9 Å². The normalized spacial score (nSPS) is 21.4. The number of hydrogen-bond donors (Lipinski definition) is 1. The Kier molecular flexibility index (Phi) is 5.22. The Balaban J connectivity index is 1.97. The van der Waals surface area contributed by atoms with Crippen LogP contribution in [-0.2, 0) is 14.3 Å². The van der Waals surface area contributed by atoms with Gasteiger partial charge < -0.3 is 19.5 Å². The number of ketones is 1. The summed E-state index contributed by atoms with van der Waals surface area (Å²) in [4.78, 5) is 38.0. The van der Waals surface area contributed by atoms with Crippen LogP contribution in [0.3, 0.4) is 0 Å². The third-order valence-corrected chi connectivity index (χ3v) is 5.83. The number of rotatable bonds is 4. The van der Waals surface area contributed by atoms with Crippen molar-refractivity contribution >= 4 is 17.4 Å². The Hall–Kier alpha value is -3.36. The zero-order chi connectivity index (χ0) is 23.4. The summed E-state index contributed by atoms with van der Waals surface area (Å²) in [5.74, 6) is -1.12. The van der Waals surface area contributed by atoms with Gasteiger partial charge in [-0.15, -0.1) is 0 Å². The second kappa shape index (κ2) is 7.65. The summed E-state index contributed by atoms with van der Waals surface area (Å²) >= 11 is 0. The summed E-state index contributed by atoms with van der Waals surface area (Å²) in [5, 5.41) is 15.2. The largest absolute Gasteiger partial charge is 0.460 e. The predicted octanol–water partition coefficient (Wildman–Crippen LogP) is 3.88. The number of ether oxygens (including phenoxy) is 3. The Labute approximate surface area is 185 Å². The molecule has 0 saturated heterocycles. The van der Waals surface area contributed by atoms with Gasteiger partial charge in [0.1, 0.15) is 0 Å². The summed E-state index contributed by atoms with van der Waals surface area (Å²) < 4.78 is 16.2. The molecule has 1 aromatic rings. The molecule has 9 nitrogen and oxygen atoms in total. The lowest BCUT2D eigenvalue weighted by Gasteiger charge is -2.39. The summed E-state index contributed by atoms with van der Waals surface area (Å²) in [7, 11) is 0. The molecule has 1 aromatic carbocycles. The van der Waals surface area contributed by atoms with Crippen molar-refractivity contribution in [2.45, 2.75) is 59.5 Å². The smallest absolute Gasteiger partial charge is 0.337 e. The van der Waals surface area contributed by atoms with Crippen molar-refractivity contribution in [3.63, 3.8) is 0 Å². The molecule has 1 atom stereocenters. The molecule has 2 aliphatic heterocycles. The van der Waals surface area contributed by atoms with E-state index in [1.54, 1.807) is 20.8 Å². The number of nitro groups is 1. The van der Waals surface area contributed by atoms with Crippen LogP contribution >= 0.6 is 0 Å². The molecule has 0 unspecified atom stereocenters. The summed E-state index contributed by atoms with van der Waals surface area (Å²) in [6.45, 7) is 9.10. The van der Waals surface area contributed by atoms with Crippen LogP contribution in [0, 0.1) is 15.5 Å². The fourth-order valence-electron chi connectivity index (χ4n) is 4.63. The monoisotopic (exact) mass is 442 g/mol. The van der Waals surface area contributed by atoms with Gasteiger partial charge in [0.15, 0.2) is 17.3 Å². The molecule has 0 bridgehead atoms. The van der Waals surface area contributed by atoms with Crippen molar-refractivity contribution in [2.24, 2.45) is 5.41 Å². The van der Waals surface area contributed by atoms with E-state index in [1.165, 1.54) is 12.1 Å². The topological polar surface area (TPSA) is 117 Å². The van der Waals surface area contributed by atoms with Gasteiger partial charge in [-0.2, -0.15) is 0 Å². The number of hydrogen-bond acceptors (Lipinski definition) is 8. The van der Waals surface area contributed by atoms with E-state index in [2.05, 4.69) is 5.32 Å². The first kappa shape index (κ1) is 21.9. The standard InChI is InChI=1S/C23H26N2O7/c1-11(2)32-22(27)19-12(3)24-14-8-23(4,5)9-16(26)21(14)20(19)13-6-17-18(31-10-30-17)7-15(13)25(28)29/h6-7,11,20,24H,8-10H2,1-5H3/t20-/m1/s1. The van der Waals surface area contributed by atoms with Crippen LogP contribution in [-0.4, -0.2) is 29.6 Å². The maximum Gasteiger partial charge on any atom is 0.337 e. The number of carbonyl (C=O) groups excluding carboxylic acids is 2. The van der Waals surface area contributed by atoms with Crippen molar-refractivity contribution < 1.29 is 28.7 Å². The van der Waals surface area contributed by atoms with Crippen molar-refractivity contribution in [1.82, 2.24) is 5.32 Å². The molecule has 1 N–H and O–H groups in total. The van der Waals surface area contributed by atoms with Gasteiger partial charge in [-0.25, -0.2) is 4.79 Å². The quantitative estimate of drug-likeness (QED) is 0.424. The van der Waals surface area contributed by atoms with Gasteiger partial charge in [0.2, 0.25) is 6.79 Å². The van der Waals surface area contributed by atoms with Crippen LogP contribution in [0.2, 0.25) is 0 Å². The average molecular weight is 442 g/mol. The molecule has 0 aromatic heterocycles. The number of nitro benzene ring substituents is 1. The molecular formula is C23H26N2O7. The maximum atomic E-state index is 13.3. The van der Waals surface area contributed by atoms with E-state index in [0.29, 0.717) is 29.1 Å². The van der Waals surface area contributed by atoms with Crippen LogP contribution in [0.5, 0.6) is 11.5 Å². The van der Waals surface area contributed by atoms with E-state index in [0.717, 1.165) is 0 Å². The van der Waals surface area contributed by atoms with Gasteiger partial charge >= 0.3 is 5.97 Å². The third kappa shape index (κ3) is 3.72. The molecule has 170 valence electrons.